The Bertz CT molecular complexity index is 1460. The molecule has 13 heteroatoms. The number of pyridine rings is 2. The standard InChI is InChI=1S/C29H31ClF3N5O4/c1-4-37-12-7-13-38(26-22(37)15-21(30)25(36-26)18-8-5-9-19(14-18)29(31,32)33)27(39)35-23-10-6-11-24(34-23)40-16-20-17-41-28(2,3)42-20/h5-6,8-11,14-15,20H,4,7,12-13,16-17H2,1-3H3,(H,34,35,39)/t20-/m1/s1. The minimum atomic E-state index is -4.53. The lowest BCUT2D eigenvalue weighted by Gasteiger charge is -2.26. The number of halogens is 4. The average Bonchev–Trinajstić information content (AvgIpc) is 3.19. The summed E-state index contributed by atoms with van der Waals surface area (Å²) in [6.45, 7) is 7.82. The van der Waals surface area contributed by atoms with Crippen molar-refractivity contribution in [2.24, 2.45) is 0 Å². The molecule has 0 saturated carbocycles. The minimum Gasteiger partial charge on any atom is -0.475 e. The monoisotopic (exact) mass is 605 g/mol. The van der Waals surface area contributed by atoms with Crippen LogP contribution in [0.25, 0.3) is 11.3 Å². The number of rotatable bonds is 6. The van der Waals surface area contributed by atoms with Gasteiger partial charge in [-0.3, -0.25) is 10.2 Å². The van der Waals surface area contributed by atoms with Crippen molar-refractivity contribution in [2.75, 3.05) is 48.0 Å². The first-order valence-corrected chi connectivity index (χ1v) is 13.9. The second kappa shape index (κ2) is 11.9. The fourth-order valence-corrected chi connectivity index (χ4v) is 5.14. The Morgan fingerprint density at radius 3 is 2.67 bits per heavy atom. The average molecular weight is 606 g/mol. The summed E-state index contributed by atoms with van der Waals surface area (Å²) >= 11 is 6.57. The van der Waals surface area contributed by atoms with Gasteiger partial charge in [-0.25, -0.2) is 9.78 Å². The van der Waals surface area contributed by atoms with Crippen molar-refractivity contribution in [3.05, 3.63) is 59.1 Å². The molecule has 0 radical (unpaired) electrons. The number of carbonyl (C=O) groups is 1. The predicted octanol–water partition coefficient (Wildman–Crippen LogP) is 6.61. The summed E-state index contributed by atoms with van der Waals surface area (Å²) in [6, 6.07) is 10.9. The first-order valence-electron chi connectivity index (χ1n) is 13.6. The second-order valence-corrected chi connectivity index (χ2v) is 10.8. The van der Waals surface area contributed by atoms with Crippen LogP contribution in [0.5, 0.6) is 5.88 Å². The summed E-state index contributed by atoms with van der Waals surface area (Å²) in [5, 5.41) is 2.98. The van der Waals surface area contributed by atoms with E-state index in [0.29, 0.717) is 44.2 Å². The number of aromatic nitrogens is 2. The number of hydrogen-bond acceptors (Lipinski definition) is 7. The normalized spacial score (nSPS) is 18.4. The van der Waals surface area contributed by atoms with Crippen LogP contribution >= 0.6 is 11.6 Å². The topological polar surface area (TPSA) is 89.1 Å². The van der Waals surface area contributed by atoms with Gasteiger partial charge in [0, 0.05) is 31.3 Å². The lowest BCUT2D eigenvalue weighted by Crippen LogP contribution is -2.36. The number of fused-ring (bicyclic) bond motifs is 1. The lowest BCUT2D eigenvalue weighted by molar-refractivity contribution is -0.141. The molecule has 5 rings (SSSR count). The van der Waals surface area contributed by atoms with Crippen LogP contribution in [0.3, 0.4) is 0 Å². The molecule has 9 nitrogen and oxygen atoms in total. The van der Waals surface area contributed by atoms with Crippen molar-refractivity contribution in [1.29, 1.82) is 0 Å². The number of nitrogens with one attached hydrogen (secondary N) is 1. The van der Waals surface area contributed by atoms with Gasteiger partial charge < -0.3 is 19.1 Å². The van der Waals surface area contributed by atoms with Crippen LogP contribution in [0, 0.1) is 0 Å². The molecule has 3 aromatic rings. The van der Waals surface area contributed by atoms with Crippen molar-refractivity contribution in [3.8, 4) is 17.1 Å². The molecule has 1 aromatic carbocycles. The zero-order valence-corrected chi connectivity index (χ0v) is 24.1. The number of nitrogens with zero attached hydrogens (tertiary/aromatic N) is 4. The molecule has 0 unspecified atom stereocenters. The molecule has 0 aliphatic carbocycles. The number of alkyl halides is 3. The van der Waals surface area contributed by atoms with E-state index in [2.05, 4.69) is 15.3 Å². The molecule has 1 N–H and O–H groups in total. The Kier molecular flexibility index (Phi) is 8.49. The molecule has 1 saturated heterocycles. The van der Waals surface area contributed by atoms with E-state index in [9.17, 15) is 18.0 Å². The van der Waals surface area contributed by atoms with E-state index in [-0.39, 0.29) is 40.6 Å². The van der Waals surface area contributed by atoms with Crippen LogP contribution in [-0.4, -0.2) is 60.7 Å². The van der Waals surface area contributed by atoms with E-state index in [4.69, 9.17) is 25.8 Å². The Balaban J connectivity index is 1.40. The van der Waals surface area contributed by atoms with Gasteiger partial charge in [-0.05, 0) is 51.5 Å². The van der Waals surface area contributed by atoms with Gasteiger partial charge in [-0.1, -0.05) is 29.8 Å². The Labute approximate surface area is 246 Å². The summed E-state index contributed by atoms with van der Waals surface area (Å²) in [5.74, 6) is 0.169. The zero-order valence-electron chi connectivity index (χ0n) is 23.4. The van der Waals surface area contributed by atoms with Gasteiger partial charge in [-0.15, -0.1) is 0 Å². The van der Waals surface area contributed by atoms with Gasteiger partial charge >= 0.3 is 12.2 Å². The molecule has 0 spiro atoms. The van der Waals surface area contributed by atoms with E-state index in [1.807, 2.05) is 25.7 Å². The van der Waals surface area contributed by atoms with Gasteiger partial charge in [0.2, 0.25) is 5.88 Å². The number of ether oxygens (including phenoxy) is 3. The highest BCUT2D eigenvalue weighted by Gasteiger charge is 2.34. The van der Waals surface area contributed by atoms with Gasteiger partial charge in [0.25, 0.3) is 0 Å². The van der Waals surface area contributed by atoms with Gasteiger partial charge in [0.1, 0.15) is 18.5 Å². The molecule has 4 heterocycles. The highest BCUT2D eigenvalue weighted by Crippen LogP contribution is 2.40. The highest BCUT2D eigenvalue weighted by molar-refractivity contribution is 6.33. The van der Waals surface area contributed by atoms with Crippen LogP contribution in [0.1, 0.15) is 32.8 Å². The molecular formula is C29H31ClF3N5O4. The number of benzene rings is 1. The fraction of sp³-hybridized carbons (Fsp3) is 0.414. The van der Waals surface area contributed by atoms with E-state index >= 15 is 0 Å². The smallest absolute Gasteiger partial charge is 0.416 e. The van der Waals surface area contributed by atoms with E-state index < -0.39 is 23.6 Å². The molecule has 2 amide bonds. The molecule has 1 atom stereocenters. The third kappa shape index (κ3) is 6.71. The van der Waals surface area contributed by atoms with Crippen LogP contribution in [-0.2, 0) is 15.7 Å². The Hall–Kier alpha value is -3.61. The van der Waals surface area contributed by atoms with Gasteiger partial charge in [-0.2, -0.15) is 18.2 Å². The third-order valence-corrected chi connectivity index (χ3v) is 7.16. The molecule has 2 aliphatic rings. The molecule has 0 bridgehead atoms. The molecule has 2 aliphatic heterocycles. The maximum Gasteiger partial charge on any atom is 0.416 e. The summed E-state index contributed by atoms with van der Waals surface area (Å²) in [6.07, 6.45) is -4.15. The second-order valence-electron chi connectivity index (χ2n) is 10.4. The van der Waals surface area contributed by atoms with E-state index in [1.165, 1.54) is 17.0 Å². The predicted molar refractivity (Wildman–Crippen MR) is 153 cm³/mol. The number of amides is 2. The Morgan fingerprint density at radius 2 is 1.95 bits per heavy atom. The van der Waals surface area contributed by atoms with E-state index in [0.717, 1.165) is 12.1 Å². The van der Waals surface area contributed by atoms with Crippen molar-refractivity contribution >= 4 is 35.0 Å². The summed E-state index contributed by atoms with van der Waals surface area (Å²) in [7, 11) is 0. The third-order valence-electron chi connectivity index (χ3n) is 6.88. The van der Waals surface area contributed by atoms with Crippen molar-refractivity contribution in [1.82, 2.24) is 9.97 Å². The van der Waals surface area contributed by atoms with Gasteiger partial charge in [0.05, 0.1) is 28.6 Å². The maximum absolute atomic E-state index is 13.6. The molecule has 1 fully saturated rings. The van der Waals surface area contributed by atoms with E-state index in [1.54, 1.807) is 24.3 Å². The van der Waals surface area contributed by atoms with Crippen molar-refractivity contribution < 1.29 is 32.2 Å². The maximum atomic E-state index is 13.6. The largest absolute Gasteiger partial charge is 0.475 e. The minimum absolute atomic E-state index is 0.145. The fourth-order valence-electron chi connectivity index (χ4n) is 4.88. The molecule has 224 valence electrons. The van der Waals surface area contributed by atoms with Gasteiger partial charge in [0.15, 0.2) is 11.6 Å². The lowest BCUT2D eigenvalue weighted by atomic mass is 10.1. The number of urea groups is 1. The highest BCUT2D eigenvalue weighted by atomic mass is 35.5. The van der Waals surface area contributed by atoms with Crippen molar-refractivity contribution in [2.45, 2.75) is 45.3 Å². The zero-order chi connectivity index (χ0) is 30.1. The van der Waals surface area contributed by atoms with Crippen LogP contribution in [0.4, 0.5) is 35.3 Å². The SMILES string of the molecule is CCN1CCCN(C(=O)Nc2cccc(OC[C@@H]3COC(C)(C)O3)n2)c2nc(-c3cccc(C(F)(F)F)c3)c(Cl)cc21. The molecule has 2 aromatic heterocycles. The summed E-state index contributed by atoms with van der Waals surface area (Å²) < 4.78 is 57.3. The quantitative estimate of drug-likeness (QED) is 0.338. The number of anilines is 3. The number of hydrogen-bond donors (Lipinski definition) is 1. The first kappa shape index (κ1) is 29.9. The van der Waals surface area contributed by atoms with Crippen LogP contribution in [0.15, 0.2) is 48.5 Å². The molecule has 42 heavy (non-hydrogen) atoms. The van der Waals surface area contributed by atoms with Crippen LogP contribution in [0.2, 0.25) is 5.02 Å². The van der Waals surface area contributed by atoms with Crippen molar-refractivity contribution in [3.63, 3.8) is 0 Å². The Morgan fingerprint density at radius 1 is 1.17 bits per heavy atom. The molecular weight excluding hydrogens is 575 g/mol. The first-order chi connectivity index (χ1) is 19.9. The number of carbonyl (C=O) groups excluding carboxylic acids is 1. The summed E-state index contributed by atoms with van der Waals surface area (Å²) in [4.78, 5) is 26.1. The summed E-state index contributed by atoms with van der Waals surface area (Å²) in [5.41, 5.74) is 0.128. The van der Waals surface area contributed by atoms with Crippen LogP contribution < -0.4 is 19.9 Å².